The van der Waals surface area contributed by atoms with Crippen molar-refractivity contribution in [3.63, 3.8) is 0 Å². The molecule has 0 bridgehead atoms. The van der Waals surface area contributed by atoms with Crippen LogP contribution >= 0.6 is 0 Å². The van der Waals surface area contributed by atoms with Gasteiger partial charge in [-0.05, 0) is 18.2 Å². The third-order valence-electron chi connectivity index (χ3n) is 1.75. The summed E-state index contributed by atoms with van der Waals surface area (Å²) in [4.78, 5) is 10.1. The van der Waals surface area contributed by atoms with Gasteiger partial charge in [0.15, 0.2) is 0 Å². The fraction of sp³-hybridized carbons (Fsp3) is 0.182. The molecule has 2 nitrogen and oxygen atoms in total. The number of carboxylic acids is 1. The van der Waals surface area contributed by atoms with Crippen molar-refractivity contribution >= 4 is 5.97 Å². The van der Waals surface area contributed by atoms with Crippen molar-refractivity contribution in [2.75, 3.05) is 0 Å². The molecule has 0 saturated heterocycles. The molecule has 1 rings (SSSR count). The summed E-state index contributed by atoms with van der Waals surface area (Å²) in [7, 11) is 0. The van der Waals surface area contributed by atoms with Crippen LogP contribution in [0.15, 0.2) is 18.2 Å². The molecular weight excluding hydrogens is 240 g/mol. The van der Waals surface area contributed by atoms with Crippen molar-refractivity contribution in [1.29, 1.82) is 0 Å². The second kappa shape index (κ2) is 4.87. The van der Waals surface area contributed by atoms with Crippen LogP contribution in [-0.4, -0.2) is 11.1 Å². The molecule has 0 aliphatic carbocycles. The van der Waals surface area contributed by atoms with Crippen molar-refractivity contribution < 1.29 is 27.5 Å². The number of halogens is 4. The number of hydrogen-bond acceptors (Lipinski definition) is 1. The highest BCUT2D eigenvalue weighted by Gasteiger charge is 2.33. The Morgan fingerprint density at radius 3 is 2.47 bits per heavy atom. The molecule has 0 amide bonds. The van der Waals surface area contributed by atoms with Crippen LogP contribution in [0.1, 0.15) is 17.5 Å². The summed E-state index contributed by atoms with van der Waals surface area (Å²) >= 11 is 0. The monoisotopic (exact) mass is 246 g/mol. The average molecular weight is 246 g/mol. The number of hydrogen-bond donors (Lipinski definition) is 1. The lowest BCUT2D eigenvalue weighted by Gasteiger charge is -2.07. The standard InChI is InChI=1S/C11H6F4O2/c12-9-6-7(2-1-3-10(16)17)4-5-8(9)11(13,14)15/h4-6H,3H2,(H,16,17). The van der Waals surface area contributed by atoms with Crippen molar-refractivity contribution in [1.82, 2.24) is 0 Å². The zero-order valence-electron chi connectivity index (χ0n) is 8.31. The summed E-state index contributed by atoms with van der Waals surface area (Å²) in [5.74, 6) is 1.85. The van der Waals surface area contributed by atoms with Crippen LogP contribution in [0.4, 0.5) is 17.6 Å². The van der Waals surface area contributed by atoms with Crippen molar-refractivity contribution in [2.24, 2.45) is 0 Å². The van der Waals surface area contributed by atoms with Crippen molar-refractivity contribution in [2.45, 2.75) is 12.6 Å². The zero-order chi connectivity index (χ0) is 13.1. The minimum Gasteiger partial charge on any atom is -0.481 e. The number of benzene rings is 1. The molecule has 0 saturated carbocycles. The van der Waals surface area contributed by atoms with Gasteiger partial charge in [0.2, 0.25) is 0 Å². The molecule has 1 aromatic rings. The Hall–Kier alpha value is -2.03. The minimum absolute atomic E-state index is 0.00301. The van der Waals surface area contributed by atoms with Gasteiger partial charge in [0.1, 0.15) is 12.2 Å². The van der Waals surface area contributed by atoms with Crippen LogP contribution in [0.2, 0.25) is 0 Å². The van der Waals surface area contributed by atoms with Crippen molar-refractivity contribution in [3.8, 4) is 11.8 Å². The van der Waals surface area contributed by atoms with Gasteiger partial charge in [-0.15, -0.1) is 0 Å². The molecule has 0 atom stereocenters. The van der Waals surface area contributed by atoms with E-state index in [1.807, 2.05) is 0 Å². The summed E-state index contributed by atoms with van der Waals surface area (Å²) in [6, 6.07) is 2.18. The number of carbonyl (C=O) groups is 1. The molecule has 0 spiro atoms. The summed E-state index contributed by atoms with van der Waals surface area (Å²) in [5, 5.41) is 8.27. The van der Waals surface area contributed by atoms with E-state index in [9.17, 15) is 22.4 Å². The third-order valence-corrected chi connectivity index (χ3v) is 1.75. The van der Waals surface area contributed by atoms with E-state index in [2.05, 4.69) is 11.8 Å². The molecular formula is C11H6F4O2. The highest BCUT2D eigenvalue weighted by molar-refractivity contribution is 5.70. The quantitative estimate of drug-likeness (QED) is 0.611. The Labute approximate surface area is 93.9 Å². The minimum atomic E-state index is -4.75. The topological polar surface area (TPSA) is 37.3 Å². The first-order valence-corrected chi connectivity index (χ1v) is 4.38. The highest BCUT2D eigenvalue weighted by Crippen LogP contribution is 2.31. The van der Waals surface area contributed by atoms with Crippen LogP contribution in [0.25, 0.3) is 0 Å². The molecule has 1 N–H and O–H groups in total. The Morgan fingerprint density at radius 1 is 1.35 bits per heavy atom. The Morgan fingerprint density at radius 2 is 2.00 bits per heavy atom. The lowest BCUT2D eigenvalue weighted by molar-refractivity contribution is -0.140. The molecule has 0 heterocycles. The van der Waals surface area contributed by atoms with Crippen molar-refractivity contribution in [3.05, 3.63) is 35.1 Å². The van der Waals surface area contributed by atoms with Gasteiger partial charge in [0, 0.05) is 5.56 Å². The lowest BCUT2D eigenvalue weighted by Crippen LogP contribution is -2.07. The van der Waals surface area contributed by atoms with Gasteiger partial charge < -0.3 is 5.11 Å². The maximum atomic E-state index is 13.0. The second-order valence-electron chi connectivity index (χ2n) is 3.06. The van der Waals surface area contributed by atoms with Crippen LogP contribution in [0.3, 0.4) is 0 Å². The zero-order valence-corrected chi connectivity index (χ0v) is 8.31. The number of carboxylic acid groups (broad SMARTS) is 1. The molecule has 1 aromatic carbocycles. The summed E-state index contributed by atoms with van der Waals surface area (Å²) in [5.41, 5.74) is -1.38. The Balaban J connectivity index is 2.96. The van der Waals surface area contributed by atoms with Crippen LogP contribution in [0.5, 0.6) is 0 Å². The number of aliphatic carboxylic acids is 1. The molecule has 0 aliphatic rings. The molecule has 0 unspecified atom stereocenters. The Kier molecular flexibility index (Phi) is 3.73. The second-order valence-corrected chi connectivity index (χ2v) is 3.06. The predicted molar refractivity (Wildman–Crippen MR) is 50.5 cm³/mol. The lowest BCUT2D eigenvalue weighted by atomic mass is 10.1. The van der Waals surface area contributed by atoms with E-state index in [1.165, 1.54) is 0 Å². The molecule has 90 valence electrons. The largest absolute Gasteiger partial charge is 0.481 e. The van der Waals surface area contributed by atoms with Gasteiger partial charge in [0.05, 0.1) is 5.56 Å². The van der Waals surface area contributed by atoms with Gasteiger partial charge in [0.25, 0.3) is 0 Å². The van der Waals surface area contributed by atoms with Gasteiger partial charge >= 0.3 is 12.1 Å². The predicted octanol–water partition coefficient (Wildman–Crippen LogP) is 2.67. The van der Waals surface area contributed by atoms with Crippen LogP contribution < -0.4 is 0 Å². The van der Waals surface area contributed by atoms with E-state index in [0.717, 1.165) is 6.07 Å². The first-order chi connectivity index (χ1) is 7.80. The maximum absolute atomic E-state index is 13.0. The van der Waals surface area contributed by atoms with E-state index in [1.54, 1.807) is 0 Å². The number of alkyl halides is 3. The smallest absolute Gasteiger partial charge is 0.419 e. The van der Waals surface area contributed by atoms with E-state index in [-0.39, 0.29) is 5.56 Å². The van der Waals surface area contributed by atoms with E-state index < -0.39 is 29.9 Å². The fourth-order valence-corrected chi connectivity index (χ4v) is 1.04. The Bertz CT molecular complexity index is 494. The number of rotatable bonds is 1. The maximum Gasteiger partial charge on any atom is 0.419 e. The first-order valence-electron chi connectivity index (χ1n) is 4.38. The molecule has 0 aliphatic heterocycles. The fourth-order valence-electron chi connectivity index (χ4n) is 1.04. The first kappa shape index (κ1) is 13.0. The van der Waals surface area contributed by atoms with E-state index in [0.29, 0.717) is 12.1 Å². The average Bonchev–Trinajstić information content (AvgIpc) is 2.14. The molecule has 6 heteroatoms. The van der Waals surface area contributed by atoms with Gasteiger partial charge in [-0.1, -0.05) is 11.8 Å². The molecule has 0 aromatic heterocycles. The summed E-state index contributed by atoms with van der Waals surface area (Å²) in [6.07, 6.45) is -5.21. The summed E-state index contributed by atoms with van der Waals surface area (Å²) in [6.45, 7) is 0. The van der Waals surface area contributed by atoms with Crippen LogP contribution in [0, 0.1) is 17.7 Å². The molecule has 0 fully saturated rings. The van der Waals surface area contributed by atoms with E-state index >= 15 is 0 Å². The highest BCUT2D eigenvalue weighted by atomic mass is 19.4. The van der Waals surface area contributed by atoms with Gasteiger partial charge in [-0.2, -0.15) is 13.2 Å². The summed E-state index contributed by atoms with van der Waals surface area (Å²) < 4.78 is 49.6. The van der Waals surface area contributed by atoms with Gasteiger partial charge in [-0.3, -0.25) is 4.79 Å². The van der Waals surface area contributed by atoms with E-state index in [4.69, 9.17) is 5.11 Å². The normalized spacial score (nSPS) is 10.6. The van der Waals surface area contributed by atoms with Crippen LogP contribution in [-0.2, 0) is 11.0 Å². The SMILES string of the molecule is O=C(O)CC#Cc1ccc(C(F)(F)F)c(F)c1. The third kappa shape index (κ3) is 3.79. The molecule has 0 radical (unpaired) electrons. The molecule has 17 heavy (non-hydrogen) atoms. The van der Waals surface area contributed by atoms with Gasteiger partial charge in [-0.25, -0.2) is 4.39 Å².